The van der Waals surface area contributed by atoms with Crippen LogP contribution in [0.1, 0.15) is 45.7 Å². The van der Waals surface area contributed by atoms with E-state index in [0.717, 1.165) is 25.2 Å². The molecule has 1 aromatic carbocycles. The first kappa shape index (κ1) is 17.5. The number of hydrogen-bond acceptors (Lipinski definition) is 3. The molecule has 0 saturated heterocycles. The molecule has 1 aromatic rings. The van der Waals surface area contributed by atoms with Crippen LogP contribution in [0.2, 0.25) is 0 Å². The molecule has 0 radical (unpaired) electrons. The molecule has 4 heteroatoms. The minimum absolute atomic E-state index is 0.0485. The summed E-state index contributed by atoms with van der Waals surface area (Å²) in [7, 11) is 0. The normalized spacial score (nSPS) is 13.5. The van der Waals surface area contributed by atoms with Gasteiger partial charge in [-0.3, -0.25) is 0 Å². The second kappa shape index (κ2) is 8.63. The molecule has 0 aromatic heterocycles. The summed E-state index contributed by atoms with van der Waals surface area (Å²) in [4.78, 5) is 2.08. The number of rotatable bonds is 8. The van der Waals surface area contributed by atoms with E-state index in [1.54, 1.807) is 6.07 Å². The Bertz CT molecular complexity index is 481. The Kier molecular flexibility index (Phi) is 7.18. The van der Waals surface area contributed by atoms with Crippen LogP contribution in [-0.2, 0) is 0 Å². The minimum atomic E-state index is -0.188. The Morgan fingerprint density at radius 3 is 2.62 bits per heavy atom. The monoisotopic (exact) mass is 291 g/mol. The maximum atomic E-state index is 14.3. The fourth-order valence-electron chi connectivity index (χ4n) is 2.46. The maximum Gasteiger partial charge on any atom is 0.130 e. The van der Waals surface area contributed by atoms with Gasteiger partial charge < -0.3 is 10.2 Å². The van der Waals surface area contributed by atoms with Gasteiger partial charge in [0.25, 0.3) is 0 Å². The zero-order chi connectivity index (χ0) is 15.8. The third-order valence-electron chi connectivity index (χ3n) is 3.60. The number of anilines is 1. The van der Waals surface area contributed by atoms with Crippen molar-refractivity contribution in [1.82, 2.24) is 5.32 Å². The molecule has 3 nitrogen and oxygen atoms in total. The summed E-state index contributed by atoms with van der Waals surface area (Å²) < 4.78 is 14.3. The summed E-state index contributed by atoms with van der Waals surface area (Å²) >= 11 is 0. The number of benzene rings is 1. The van der Waals surface area contributed by atoms with Crippen molar-refractivity contribution < 1.29 is 4.39 Å². The van der Waals surface area contributed by atoms with E-state index in [0.29, 0.717) is 12.1 Å². The number of nitrogens with zero attached hydrogens (tertiary/aromatic N) is 2. The predicted molar refractivity (Wildman–Crippen MR) is 85.8 cm³/mol. The Labute approximate surface area is 127 Å². The van der Waals surface area contributed by atoms with Gasteiger partial charge >= 0.3 is 0 Å². The molecular formula is C17H26FN3. The molecule has 0 aliphatic rings. The van der Waals surface area contributed by atoms with Gasteiger partial charge in [0.1, 0.15) is 5.82 Å². The topological polar surface area (TPSA) is 39.1 Å². The SMILES string of the molecule is CCCNC(C)c1c(F)cccc1N(CC)CC(C)C#N. The van der Waals surface area contributed by atoms with Crippen LogP contribution in [0.25, 0.3) is 0 Å². The van der Waals surface area contributed by atoms with Crippen LogP contribution in [-0.4, -0.2) is 19.6 Å². The van der Waals surface area contributed by atoms with E-state index in [1.807, 2.05) is 26.8 Å². The van der Waals surface area contributed by atoms with Gasteiger partial charge in [-0.05, 0) is 45.9 Å². The first-order valence-corrected chi connectivity index (χ1v) is 7.71. The molecule has 0 amide bonds. The van der Waals surface area contributed by atoms with Crippen molar-refractivity contribution in [2.45, 2.75) is 40.2 Å². The van der Waals surface area contributed by atoms with Crippen molar-refractivity contribution in [2.24, 2.45) is 5.92 Å². The average Bonchev–Trinajstić information content (AvgIpc) is 2.49. The van der Waals surface area contributed by atoms with E-state index in [4.69, 9.17) is 5.26 Å². The van der Waals surface area contributed by atoms with Crippen LogP contribution in [0.15, 0.2) is 18.2 Å². The Morgan fingerprint density at radius 1 is 1.33 bits per heavy atom. The lowest BCUT2D eigenvalue weighted by Crippen LogP contribution is -2.31. The smallest absolute Gasteiger partial charge is 0.130 e. The summed E-state index contributed by atoms with van der Waals surface area (Å²) in [5.74, 6) is -0.272. The standard InChI is InChI=1S/C17H26FN3/c1-5-10-20-14(4)17-15(18)8-7-9-16(17)21(6-2)12-13(3)11-19/h7-9,13-14,20H,5-6,10,12H2,1-4H3. The van der Waals surface area contributed by atoms with Gasteiger partial charge in [0.05, 0.1) is 12.0 Å². The molecule has 0 aliphatic heterocycles. The van der Waals surface area contributed by atoms with Gasteiger partial charge in [-0.2, -0.15) is 5.26 Å². The Hall–Kier alpha value is -1.60. The van der Waals surface area contributed by atoms with E-state index in [1.165, 1.54) is 6.07 Å². The number of hydrogen-bond donors (Lipinski definition) is 1. The molecule has 1 N–H and O–H groups in total. The first-order valence-electron chi connectivity index (χ1n) is 7.71. The molecule has 0 aliphatic carbocycles. The van der Waals surface area contributed by atoms with Crippen molar-refractivity contribution in [3.05, 3.63) is 29.6 Å². The molecule has 0 saturated carbocycles. The molecular weight excluding hydrogens is 265 g/mol. The first-order chi connectivity index (χ1) is 10.0. The van der Waals surface area contributed by atoms with Crippen molar-refractivity contribution in [3.8, 4) is 6.07 Å². The van der Waals surface area contributed by atoms with Gasteiger partial charge in [0.15, 0.2) is 0 Å². The quantitative estimate of drug-likeness (QED) is 0.790. The van der Waals surface area contributed by atoms with Crippen LogP contribution >= 0.6 is 0 Å². The number of nitrogens with one attached hydrogen (secondary N) is 1. The maximum absolute atomic E-state index is 14.3. The van der Waals surface area contributed by atoms with Gasteiger partial charge in [-0.1, -0.05) is 13.0 Å². The van der Waals surface area contributed by atoms with Gasteiger partial charge in [-0.25, -0.2) is 4.39 Å². The third-order valence-corrected chi connectivity index (χ3v) is 3.60. The molecule has 0 fully saturated rings. The minimum Gasteiger partial charge on any atom is -0.370 e. The molecule has 2 atom stereocenters. The molecule has 0 heterocycles. The van der Waals surface area contributed by atoms with Gasteiger partial charge in [0.2, 0.25) is 0 Å². The fraction of sp³-hybridized carbons (Fsp3) is 0.588. The van der Waals surface area contributed by atoms with Crippen molar-refractivity contribution in [1.29, 1.82) is 5.26 Å². The zero-order valence-corrected chi connectivity index (χ0v) is 13.5. The summed E-state index contributed by atoms with van der Waals surface area (Å²) in [6.07, 6.45) is 1.01. The van der Waals surface area contributed by atoms with E-state index >= 15 is 0 Å². The lowest BCUT2D eigenvalue weighted by atomic mass is 10.0. The van der Waals surface area contributed by atoms with Crippen LogP contribution in [0.3, 0.4) is 0 Å². The summed E-state index contributed by atoms with van der Waals surface area (Å²) in [6.45, 7) is 10.2. The third kappa shape index (κ3) is 4.71. The Morgan fingerprint density at radius 2 is 2.05 bits per heavy atom. The molecule has 1 rings (SSSR count). The molecule has 116 valence electrons. The summed E-state index contributed by atoms with van der Waals surface area (Å²) in [5, 5.41) is 12.4. The molecule has 0 bridgehead atoms. The van der Waals surface area contributed by atoms with Crippen molar-refractivity contribution >= 4 is 5.69 Å². The molecule has 0 spiro atoms. The summed E-state index contributed by atoms with van der Waals surface area (Å²) in [5.41, 5.74) is 1.58. The molecule has 2 unspecified atom stereocenters. The van der Waals surface area contributed by atoms with Crippen molar-refractivity contribution in [3.63, 3.8) is 0 Å². The van der Waals surface area contributed by atoms with E-state index < -0.39 is 0 Å². The van der Waals surface area contributed by atoms with E-state index in [2.05, 4.69) is 23.2 Å². The predicted octanol–water partition coefficient (Wildman–Crippen LogP) is 3.87. The number of halogens is 1. The second-order valence-corrected chi connectivity index (χ2v) is 5.42. The zero-order valence-electron chi connectivity index (χ0n) is 13.5. The van der Waals surface area contributed by atoms with Crippen LogP contribution in [0.4, 0.5) is 10.1 Å². The van der Waals surface area contributed by atoms with Crippen LogP contribution < -0.4 is 10.2 Å². The van der Waals surface area contributed by atoms with Gasteiger partial charge in [-0.15, -0.1) is 0 Å². The lowest BCUT2D eigenvalue weighted by molar-refractivity contribution is 0.525. The fourth-order valence-corrected chi connectivity index (χ4v) is 2.46. The van der Waals surface area contributed by atoms with Gasteiger partial charge in [0, 0.05) is 30.4 Å². The van der Waals surface area contributed by atoms with E-state index in [-0.39, 0.29) is 17.8 Å². The molecule has 21 heavy (non-hydrogen) atoms. The van der Waals surface area contributed by atoms with E-state index in [9.17, 15) is 4.39 Å². The van der Waals surface area contributed by atoms with Crippen molar-refractivity contribution in [2.75, 3.05) is 24.5 Å². The largest absolute Gasteiger partial charge is 0.370 e. The highest BCUT2D eigenvalue weighted by atomic mass is 19.1. The second-order valence-electron chi connectivity index (χ2n) is 5.42. The highest BCUT2D eigenvalue weighted by Gasteiger charge is 2.19. The highest BCUT2D eigenvalue weighted by Crippen LogP contribution is 2.29. The Balaban J connectivity index is 3.10. The van der Waals surface area contributed by atoms with Crippen LogP contribution in [0, 0.1) is 23.1 Å². The average molecular weight is 291 g/mol. The summed E-state index contributed by atoms with van der Waals surface area (Å²) in [6, 6.07) is 7.38. The highest BCUT2D eigenvalue weighted by molar-refractivity contribution is 5.55. The number of nitriles is 1. The lowest BCUT2D eigenvalue weighted by Gasteiger charge is -2.29. The van der Waals surface area contributed by atoms with Crippen LogP contribution in [0.5, 0.6) is 0 Å².